The van der Waals surface area contributed by atoms with E-state index in [1.165, 1.54) is 30.3 Å². The largest absolute Gasteiger partial charge is 0.450 e. The summed E-state index contributed by atoms with van der Waals surface area (Å²) in [6.45, 7) is 1.75. The summed E-state index contributed by atoms with van der Waals surface area (Å²) in [5.74, 6) is 0.567. The van der Waals surface area contributed by atoms with Gasteiger partial charge in [0, 0.05) is 21.8 Å². The molecule has 3 rings (SSSR count). The first-order valence-electron chi connectivity index (χ1n) is 8.72. The summed E-state index contributed by atoms with van der Waals surface area (Å²) in [6.07, 6.45) is -0.754. The molecule has 1 N–H and O–H groups in total. The Morgan fingerprint density at radius 1 is 1.03 bits per heavy atom. The zero-order valence-corrected chi connectivity index (χ0v) is 17.2. The van der Waals surface area contributed by atoms with Crippen molar-refractivity contribution in [3.8, 4) is 11.5 Å². The molecule has 0 saturated carbocycles. The Hall–Kier alpha value is -3.29. The molecule has 154 valence electrons. The van der Waals surface area contributed by atoms with Crippen molar-refractivity contribution < 1.29 is 19.2 Å². The molecule has 0 heterocycles. The highest BCUT2D eigenvalue weighted by Crippen LogP contribution is 2.32. The molecule has 9 heteroatoms. The highest BCUT2D eigenvalue weighted by atomic mass is 35.5. The number of carbonyl (C=O) groups excluding carboxylic acids is 1. The lowest BCUT2D eigenvalue weighted by molar-refractivity contribution is -0.385. The van der Waals surface area contributed by atoms with E-state index in [9.17, 15) is 14.9 Å². The van der Waals surface area contributed by atoms with Gasteiger partial charge in [-0.1, -0.05) is 47.0 Å². The number of benzene rings is 3. The van der Waals surface area contributed by atoms with Gasteiger partial charge < -0.3 is 9.47 Å². The molecular weight excluding hydrogens is 431 g/mol. The number of halogens is 2. The summed E-state index contributed by atoms with van der Waals surface area (Å²) in [7, 11) is 0. The van der Waals surface area contributed by atoms with Crippen LogP contribution in [0.25, 0.3) is 0 Å². The molecule has 7 nitrogen and oxygen atoms in total. The maximum absolute atomic E-state index is 12.0. The van der Waals surface area contributed by atoms with E-state index in [1.54, 1.807) is 18.2 Å². The maximum Gasteiger partial charge on any atom is 0.411 e. The molecule has 0 aliphatic carbocycles. The van der Waals surface area contributed by atoms with Crippen LogP contribution in [0.1, 0.15) is 11.1 Å². The van der Waals surface area contributed by atoms with Gasteiger partial charge in [0.25, 0.3) is 0 Å². The summed E-state index contributed by atoms with van der Waals surface area (Å²) in [5, 5.41) is 14.7. The molecule has 30 heavy (non-hydrogen) atoms. The van der Waals surface area contributed by atoms with Gasteiger partial charge in [0.1, 0.15) is 12.4 Å². The third-order valence-electron chi connectivity index (χ3n) is 3.95. The monoisotopic (exact) mass is 446 g/mol. The molecule has 0 radical (unpaired) electrons. The lowest BCUT2D eigenvalue weighted by Crippen LogP contribution is -2.13. The Bertz CT molecular complexity index is 1070. The minimum Gasteiger partial charge on any atom is -0.450 e. The Morgan fingerprint density at radius 2 is 1.70 bits per heavy atom. The van der Waals surface area contributed by atoms with E-state index in [2.05, 4.69) is 5.32 Å². The second-order valence-electron chi connectivity index (χ2n) is 6.33. The van der Waals surface area contributed by atoms with Crippen LogP contribution in [0.4, 0.5) is 16.2 Å². The van der Waals surface area contributed by atoms with Crippen LogP contribution in [-0.2, 0) is 11.3 Å². The second-order valence-corrected chi connectivity index (χ2v) is 7.21. The van der Waals surface area contributed by atoms with Gasteiger partial charge >= 0.3 is 11.8 Å². The SMILES string of the molecule is Cc1ccc(Oc2ccc(COC(=O)Nc3cc(Cl)cc(Cl)c3)cc2[N+](=O)[O-])cc1. The van der Waals surface area contributed by atoms with Gasteiger partial charge in [-0.05, 0) is 48.9 Å². The van der Waals surface area contributed by atoms with Crippen LogP contribution < -0.4 is 10.1 Å². The fraction of sp³-hybridized carbons (Fsp3) is 0.0952. The molecule has 0 aliphatic rings. The lowest BCUT2D eigenvalue weighted by Gasteiger charge is -2.10. The number of hydrogen-bond donors (Lipinski definition) is 1. The van der Waals surface area contributed by atoms with Crippen LogP contribution in [0.2, 0.25) is 10.0 Å². The number of nitrogens with zero attached hydrogens (tertiary/aromatic N) is 1. The van der Waals surface area contributed by atoms with E-state index in [0.29, 0.717) is 27.0 Å². The molecule has 3 aromatic rings. The van der Waals surface area contributed by atoms with E-state index in [0.717, 1.165) is 5.56 Å². The minimum atomic E-state index is -0.754. The number of carbonyl (C=O) groups is 1. The molecule has 0 unspecified atom stereocenters. The Labute approximate surface area is 182 Å². The van der Waals surface area contributed by atoms with Crippen LogP contribution in [-0.4, -0.2) is 11.0 Å². The van der Waals surface area contributed by atoms with E-state index < -0.39 is 11.0 Å². The van der Waals surface area contributed by atoms with Crippen LogP contribution in [0, 0.1) is 17.0 Å². The number of nitro groups is 1. The summed E-state index contributed by atoms with van der Waals surface area (Å²) < 4.78 is 10.7. The van der Waals surface area contributed by atoms with Crippen molar-refractivity contribution in [3.05, 3.63) is 92.0 Å². The average Bonchev–Trinajstić information content (AvgIpc) is 2.68. The zero-order valence-electron chi connectivity index (χ0n) is 15.7. The number of amides is 1. The molecular formula is C21H16Cl2N2O5. The van der Waals surface area contributed by atoms with E-state index in [1.807, 2.05) is 19.1 Å². The molecule has 0 fully saturated rings. The molecule has 0 bridgehead atoms. The number of ether oxygens (including phenoxy) is 2. The fourth-order valence-corrected chi connectivity index (χ4v) is 3.07. The Morgan fingerprint density at radius 3 is 2.33 bits per heavy atom. The van der Waals surface area contributed by atoms with Crippen molar-refractivity contribution in [1.82, 2.24) is 0 Å². The fourth-order valence-electron chi connectivity index (χ4n) is 2.54. The topological polar surface area (TPSA) is 90.7 Å². The molecule has 1 amide bonds. The third-order valence-corrected chi connectivity index (χ3v) is 4.38. The van der Waals surface area contributed by atoms with Crippen molar-refractivity contribution in [1.29, 1.82) is 0 Å². The standard InChI is InChI=1S/C21H16Cl2N2O5/c1-13-2-5-18(6-3-13)30-20-7-4-14(8-19(20)25(27)28)12-29-21(26)24-17-10-15(22)9-16(23)11-17/h2-11H,12H2,1H3,(H,24,26). The summed E-state index contributed by atoms with van der Waals surface area (Å²) in [4.78, 5) is 22.9. The summed E-state index contributed by atoms with van der Waals surface area (Å²) in [5.41, 5.74) is 1.60. The smallest absolute Gasteiger partial charge is 0.411 e. The molecule has 0 aromatic heterocycles. The molecule has 0 saturated heterocycles. The normalized spacial score (nSPS) is 10.4. The highest BCUT2D eigenvalue weighted by molar-refractivity contribution is 6.35. The second kappa shape index (κ2) is 9.47. The van der Waals surface area contributed by atoms with E-state index in [4.69, 9.17) is 32.7 Å². The van der Waals surface area contributed by atoms with Crippen molar-refractivity contribution in [2.75, 3.05) is 5.32 Å². The van der Waals surface area contributed by atoms with E-state index in [-0.39, 0.29) is 18.0 Å². The third kappa shape index (κ3) is 5.85. The quantitative estimate of drug-likeness (QED) is 0.333. The molecule has 0 aliphatic heterocycles. The predicted molar refractivity (Wildman–Crippen MR) is 115 cm³/mol. The van der Waals surface area contributed by atoms with Gasteiger partial charge in [0.2, 0.25) is 5.75 Å². The predicted octanol–water partition coefficient (Wildman–Crippen LogP) is 6.75. The van der Waals surface area contributed by atoms with Crippen LogP contribution >= 0.6 is 23.2 Å². The highest BCUT2D eigenvalue weighted by Gasteiger charge is 2.17. The molecule has 3 aromatic carbocycles. The number of nitrogens with one attached hydrogen (secondary N) is 1. The Kier molecular flexibility index (Phi) is 6.76. The van der Waals surface area contributed by atoms with Crippen molar-refractivity contribution >= 4 is 40.7 Å². The van der Waals surface area contributed by atoms with Crippen molar-refractivity contribution in [2.24, 2.45) is 0 Å². The van der Waals surface area contributed by atoms with Gasteiger partial charge in [-0.3, -0.25) is 15.4 Å². The summed E-state index contributed by atoms with van der Waals surface area (Å²) >= 11 is 11.8. The van der Waals surface area contributed by atoms with Gasteiger partial charge in [-0.25, -0.2) is 4.79 Å². The molecule has 0 atom stereocenters. The van der Waals surface area contributed by atoms with Gasteiger partial charge in [-0.2, -0.15) is 0 Å². The summed E-state index contributed by atoms with van der Waals surface area (Å²) in [6, 6.07) is 16.0. The van der Waals surface area contributed by atoms with E-state index >= 15 is 0 Å². The number of rotatable bonds is 6. The average molecular weight is 447 g/mol. The number of anilines is 1. The van der Waals surface area contributed by atoms with Crippen LogP contribution in [0.3, 0.4) is 0 Å². The minimum absolute atomic E-state index is 0.0885. The molecule has 0 spiro atoms. The first-order valence-corrected chi connectivity index (χ1v) is 9.47. The van der Waals surface area contributed by atoms with Crippen molar-refractivity contribution in [3.63, 3.8) is 0 Å². The van der Waals surface area contributed by atoms with Gasteiger partial charge in [-0.15, -0.1) is 0 Å². The number of nitro benzene ring substituents is 1. The van der Waals surface area contributed by atoms with Crippen LogP contribution in [0.5, 0.6) is 11.5 Å². The first-order chi connectivity index (χ1) is 14.3. The Balaban J connectivity index is 1.67. The lowest BCUT2D eigenvalue weighted by atomic mass is 10.2. The number of hydrogen-bond acceptors (Lipinski definition) is 5. The van der Waals surface area contributed by atoms with Gasteiger partial charge in [0.15, 0.2) is 0 Å². The van der Waals surface area contributed by atoms with Crippen molar-refractivity contribution in [2.45, 2.75) is 13.5 Å². The first kappa shape index (κ1) is 21.4. The van der Waals surface area contributed by atoms with Crippen LogP contribution in [0.15, 0.2) is 60.7 Å². The van der Waals surface area contributed by atoms with Gasteiger partial charge in [0.05, 0.1) is 4.92 Å². The number of aryl methyl sites for hydroxylation is 1. The maximum atomic E-state index is 12.0. The zero-order chi connectivity index (χ0) is 21.7.